The molecule has 1 aromatic rings. The number of nitrogens with zero attached hydrogens (tertiary/aromatic N) is 2. The van der Waals surface area contributed by atoms with Crippen molar-refractivity contribution in [3.8, 4) is 12.1 Å². The molecule has 1 aromatic carbocycles. The zero-order chi connectivity index (χ0) is 13.5. The molecule has 0 aromatic heterocycles. The van der Waals surface area contributed by atoms with E-state index in [2.05, 4.69) is 32.9 Å². The molecule has 1 atom stereocenters. The molecular formula is C16H20N2. The van der Waals surface area contributed by atoms with Gasteiger partial charge in [-0.15, -0.1) is 0 Å². The molecule has 0 saturated carbocycles. The molecule has 0 N–H and O–H groups in total. The summed E-state index contributed by atoms with van der Waals surface area (Å²) in [5, 5.41) is 18.2. The van der Waals surface area contributed by atoms with Crippen LogP contribution in [0.4, 0.5) is 0 Å². The standard InChI is InChI=1S/C16H20N2/c1-4-6-14-9-13(7-8-17)10-15(12(3)5-2)16(14)11-18/h9-10,12H,4-7H2,1-3H3. The van der Waals surface area contributed by atoms with E-state index >= 15 is 0 Å². The van der Waals surface area contributed by atoms with E-state index in [0.717, 1.165) is 41.5 Å². The molecule has 18 heavy (non-hydrogen) atoms. The minimum Gasteiger partial charge on any atom is -0.198 e. The zero-order valence-corrected chi connectivity index (χ0v) is 11.5. The summed E-state index contributed by atoms with van der Waals surface area (Å²) in [4.78, 5) is 0. The maximum Gasteiger partial charge on any atom is 0.0997 e. The van der Waals surface area contributed by atoms with Crippen LogP contribution >= 0.6 is 0 Å². The van der Waals surface area contributed by atoms with Crippen LogP contribution in [0.15, 0.2) is 12.1 Å². The van der Waals surface area contributed by atoms with E-state index in [1.54, 1.807) is 0 Å². The molecule has 0 saturated heterocycles. The van der Waals surface area contributed by atoms with Gasteiger partial charge in [0.05, 0.1) is 24.1 Å². The van der Waals surface area contributed by atoms with Crippen LogP contribution in [-0.4, -0.2) is 0 Å². The average Bonchev–Trinajstić information content (AvgIpc) is 2.38. The lowest BCUT2D eigenvalue weighted by molar-refractivity contribution is 0.727. The first-order valence-electron chi connectivity index (χ1n) is 6.60. The lowest BCUT2D eigenvalue weighted by Crippen LogP contribution is -2.03. The quantitative estimate of drug-likeness (QED) is 0.778. The van der Waals surface area contributed by atoms with E-state index in [0.29, 0.717) is 12.3 Å². The van der Waals surface area contributed by atoms with E-state index in [-0.39, 0.29) is 0 Å². The molecule has 0 aliphatic rings. The number of aryl methyl sites for hydroxylation is 1. The first kappa shape index (κ1) is 14.3. The van der Waals surface area contributed by atoms with E-state index in [1.807, 2.05) is 12.1 Å². The molecule has 0 radical (unpaired) electrons. The Hall–Kier alpha value is -1.80. The van der Waals surface area contributed by atoms with Crippen molar-refractivity contribution in [1.29, 1.82) is 10.5 Å². The van der Waals surface area contributed by atoms with Gasteiger partial charge in [0.15, 0.2) is 0 Å². The summed E-state index contributed by atoms with van der Waals surface area (Å²) in [7, 11) is 0. The molecule has 94 valence electrons. The van der Waals surface area contributed by atoms with Crippen LogP contribution in [0.3, 0.4) is 0 Å². The number of benzene rings is 1. The topological polar surface area (TPSA) is 47.6 Å². The Bertz CT molecular complexity index is 489. The molecule has 0 heterocycles. The third kappa shape index (κ3) is 3.11. The summed E-state index contributed by atoms with van der Waals surface area (Å²) in [6.45, 7) is 6.38. The predicted octanol–water partition coefficient (Wildman–Crippen LogP) is 4.09. The van der Waals surface area contributed by atoms with Gasteiger partial charge in [0, 0.05) is 0 Å². The second-order valence-corrected chi connectivity index (χ2v) is 4.73. The van der Waals surface area contributed by atoms with Gasteiger partial charge < -0.3 is 0 Å². The van der Waals surface area contributed by atoms with Gasteiger partial charge in [-0.05, 0) is 35.4 Å². The van der Waals surface area contributed by atoms with E-state index in [9.17, 15) is 5.26 Å². The Morgan fingerprint density at radius 1 is 1.22 bits per heavy atom. The zero-order valence-electron chi connectivity index (χ0n) is 11.5. The Labute approximate surface area is 110 Å². The Morgan fingerprint density at radius 2 is 1.94 bits per heavy atom. The molecule has 0 fully saturated rings. The van der Waals surface area contributed by atoms with Crippen molar-refractivity contribution in [1.82, 2.24) is 0 Å². The largest absolute Gasteiger partial charge is 0.198 e. The summed E-state index contributed by atoms with van der Waals surface area (Å²) < 4.78 is 0. The highest BCUT2D eigenvalue weighted by Gasteiger charge is 2.14. The SMILES string of the molecule is CCCc1cc(CC#N)cc(C(C)CC)c1C#N. The van der Waals surface area contributed by atoms with Crippen LogP contribution in [0, 0.1) is 22.7 Å². The van der Waals surface area contributed by atoms with Crippen LogP contribution in [0.5, 0.6) is 0 Å². The van der Waals surface area contributed by atoms with Crippen LogP contribution in [0.25, 0.3) is 0 Å². The molecule has 2 heteroatoms. The van der Waals surface area contributed by atoms with Gasteiger partial charge in [-0.1, -0.05) is 39.3 Å². The lowest BCUT2D eigenvalue weighted by Gasteiger charge is -2.16. The van der Waals surface area contributed by atoms with Gasteiger partial charge in [-0.25, -0.2) is 0 Å². The van der Waals surface area contributed by atoms with Crippen LogP contribution in [0.1, 0.15) is 61.8 Å². The van der Waals surface area contributed by atoms with Crippen LogP contribution in [-0.2, 0) is 12.8 Å². The molecule has 0 aliphatic carbocycles. The number of hydrogen-bond acceptors (Lipinski definition) is 2. The predicted molar refractivity (Wildman–Crippen MR) is 73.2 cm³/mol. The second-order valence-electron chi connectivity index (χ2n) is 4.73. The fraction of sp³-hybridized carbons (Fsp3) is 0.500. The normalized spacial score (nSPS) is 11.6. The summed E-state index contributed by atoms with van der Waals surface area (Å²) in [5.41, 5.74) is 4.07. The van der Waals surface area contributed by atoms with Crippen molar-refractivity contribution in [2.45, 2.75) is 52.4 Å². The Balaban J connectivity index is 3.37. The molecular weight excluding hydrogens is 220 g/mol. The Kier molecular flexibility index (Phi) is 5.40. The third-order valence-electron chi connectivity index (χ3n) is 3.37. The van der Waals surface area contributed by atoms with Crippen molar-refractivity contribution in [3.05, 3.63) is 34.4 Å². The number of hydrogen-bond donors (Lipinski definition) is 0. The maximum atomic E-state index is 9.38. The summed E-state index contributed by atoms with van der Waals surface area (Å²) in [6.07, 6.45) is 3.36. The first-order chi connectivity index (χ1) is 8.67. The minimum atomic E-state index is 0.369. The van der Waals surface area contributed by atoms with Gasteiger partial charge >= 0.3 is 0 Å². The fourth-order valence-electron chi connectivity index (χ4n) is 2.20. The van der Waals surface area contributed by atoms with Gasteiger partial charge in [0.25, 0.3) is 0 Å². The first-order valence-corrected chi connectivity index (χ1v) is 6.60. The van der Waals surface area contributed by atoms with E-state index in [4.69, 9.17) is 5.26 Å². The summed E-state index contributed by atoms with van der Waals surface area (Å²) in [5.74, 6) is 0.369. The van der Waals surface area contributed by atoms with Crippen molar-refractivity contribution < 1.29 is 0 Å². The highest BCUT2D eigenvalue weighted by Crippen LogP contribution is 2.27. The van der Waals surface area contributed by atoms with Crippen LogP contribution in [0.2, 0.25) is 0 Å². The molecule has 0 aliphatic heterocycles. The molecule has 0 amide bonds. The van der Waals surface area contributed by atoms with Gasteiger partial charge in [0.1, 0.15) is 0 Å². The van der Waals surface area contributed by atoms with Crippen molar-refractivity contribution >= 4 is 0 Å². The van der Waals surface area contributed by atoms with E-state index < -0.39 is 0 Å². The van der Waals surface area contributed by atoms with Gasteiger partial charge in [0.2, 0.25) is 0 Å². The van der Waals surface area contributed by atoms with Crippen molar-refractivity contribution in [2.75, 3.05) is 0 Å². The van der Waals surface area contributed by atoms with Crippen molar-refractivity contribution in [2.24, 2.45) is 0 Å². The fourth-order valence-corrected chi connectivity index (χ4v) is 2.20. The summed E-state index contributed by atoms with van der Waals surface area (Å²) in [6, 6.07) is 8.60. The molecule has 2 nitrogen and oxygen atoms in total. The smallest absolute Gasteiger partial charge is 0.0997 e. The molecule has 0 spiro atoms. The monoisotopic (exact) mass is 240 g/mol. The van der Waals surface area contributed by atoms with Crippen molar-refractivity contribution in [3.63, 3.8) is 0 Å². The van der Waals surface area contributed by atoms with E-state index in [1.165, 1.54) is 0 Å². The lowest BCUT2D eigenvalue weighted by atomic mass is 9.87. The third-order valence-corrected chi connectivity index (χ3v) is 3.37. The Morgan fingerprint density at radius 3 is 2.44 bits per heavy atom. The van der Waals surface area contributed by atoms with Crippen LogP contribution < -0.4 is 0 Å². The average molecular weight is 240 g/mol. The number of rotatable bonds is 5. The molecule has 1 unspecified atom stereocenters. The summed E-state index contributed by atoms with van der Waals surface area (Å²) >= 11 is 0. The minimum absolute atomic E-state index is 0.369. The second kappa shape index (κ2) is 6.82. The highest BCUT2D eigenvalue weighted by atomic mass is 14.3. The van der Waals surface area contributed by atoms with Gasteiger partial charge in [-0.3, -0.25) is 0 Å². The molecule has 0 bridgehead atoms. The number of nitriles is 2. The molecule has 1 rings (SSSR count). The van der Waals surface area contributed by atoms with Gasteiger partial charge in [-0.2, -0.15) is 10.5 Å². The highest BCUT2D eigenvalue weighted by molar-refractivity contribution is 5.49. The maximum absolute atomic E-state index is 9.38.